The minimum absolute atomic E-state index is 0. The van der Waals surface area contributed by atoms with E-state index in [1.807, 2.05) is 0 Å². The summed E-state index contributed by atoms with van der Waals surface area (Å²) in [6.07, 6.45) is 3.37. The van der Waals surface area contributed by atoms with Crippen LogP contribution in [0.15, 0.2) is 6.08 Å². The maximum absolute atomic E-state index is 6.43. The maximum Gasteiger partial charge on any atom is 0.187 e. The first-order valence-electron chi connectivity index (χ1n) is 7.11. The average molecular weight is 349 g/mol. The van der Waals surface area contributed by atoms with E-state index in [2.05, 4.69) is 34.9 Å². The molecule has 0 unspecified atom stereocenters. The Kier molecular flexibility index (Phi) is 5.91. The molecule has 0 aromatic carbocycles. The van der Waals surface area contributed by atoms with Crippen LogP contribution in [0.2, 0.25) is 4.34 Å². The van der Waals surface area contributed by atoms with Gasteiger partial charge < -0.3 is 14.7 Å². The van der Waals surface area contributed by atoms with Crippen LogP contribution in [0.4, 0.5) is 5.13 Å². The van der Waals surface area contributed by atoms with Gasteiger partial charge in [0.15, 0.2) is 5.13 Å². The van der Waals surface area contributed by atoms with E-state index in [9.17, 15) is 0 Å². The normalized spacial score (nSPS) is 21.1. The van der Waals surface area contributed by atoms with Crippen molar-refractivity contribution in [2.24, 2.45) is 0 Å². The van der Waals surface area contributed by atoms with E-state index in [1.54, 1.807) is 11.3 Å². The van der Waals surface area contributed by atoms with E-state index >= 15 is 0 Å². The predicted molar refractivity (Wildman–Crippen MR) is 94.2 cm³/mol. The van der Waals surface area contributed by atoms with Crippen LogP contribution in [0, 0.1) is 0 Å². The quantitative estimate of drug-likeness (QED) is 0.819. The third-order valence-electron chi connectivity index (χ3n) is 3.99. The van der Waals surface area contributed by atoms with Gasteiger partial charge in [0.05, 0.1) is 5.69 Å². The molecule has 1 fully saturated rings. The summed E-state index contributed by atoms with van der Waals surface area (Å²) in [6, 6.07) is 0. The van der Waals surface area contributed by atoms with Gasteiger partial charge in [-0.1, -0.05) is 29.0 Å². The van der Waals surface area contributed by atoms with Crippen molar-refractivity contribution < 1.29 is 0 Å². The Balaban J connectivity index is 0.00000161. The molecule has 0 N–H and O–H groups in total. The summed E-state index contributed by atoms with van der Waals surface area (Å²) >= 11 is 8.05. The molecule has 0 radical (unpaired) electrons. The molecule has 0 bridgehead atoms. The van der Waals surface area contributed by atoms with Gasteiger partial charge in [0.1, 0.15) is 4.34 Å². The largest absolute Gasteiger partial charge is 0.345 e. The highest BCUT2D eigenvalue weighted by Gasteiger charge is 2.22. The van der Waals surface area contributed by atoms with E-state index in [0.29, 0.717) is 0 Å². The molecule has 0 amide bonds. The Morgan fingerprint density at radius 2 is 1.81 bits per heavy atom. The number of piperazine rings is 1. The number of hydrogen-bond acceptors (Lipinski definition) is 5. The van der Waals surface area contributed by atoms with E-state index in [1.165, 1.54) is 5.57 Å². The second-order valence-corrected chi connectivity index (χ2v) is 7.24. The highest BCUT2D eigenvalue weighted by atomic mass is 35.5. The van der Waals surface area contributed by atoms with Crippen LogP contribution in [-0.4, -0.2) is 68.1 Å². The van der Waals surface area contributed by atoms with Crippen molar-refractivity contribution in [3.63, 3.8) is 0 Å². The van der Waals surface area contributed by atoms with Crippen LogP contribution >= 0.6 is 35.3 Å². The van der Waals surface area contributed by atoms with Crippen LogP contribution in [0.1, 0.15) is 12.1 Å². The number of nitrogens with zero attached hydrogens (tertiary/aromatic N) is 4. The van der Waals surface area contributed by atoms with E-state index in [-0.39, 0.29) is 12.4 Å². The van der Waals surface area contributed by atoms with Crippen molar-refractivity contribution in [3.05, 3.63) is 16.1 Å². The van der Waals surface area contributed by atoms with Crippen molar-refractivity contribution in [2.75, 3.05) is 58.3 Å². The third-order valence-corrected chi connectivity index (χ3v) is 5.31. The summed E-state index contributed by atoms with van der Waals surface area (Å²) in [4.78, 5) is 11.8. The lowest BCUT2D eigenvalue weighted by Gasteiger charge is -2.32. The molecule has 0 atom stereocenters. The van der Waals surface area contributed by atoms with Gasteiger partial charge in [0, 0.05) is 39.3 Å². The third kappa shape index (κ3) is 3.90. The minimum atomic E-state index is 0. The average Bonchev–Trinajstić information content (AvgIpc) is 2.82. The van der Waals surface area contributed by atoms with E-state index < -0.39 is 0 Å². The van der Waals surface area contributed by atoms with Crippen LogP contribution < -0.4 is 4.90 Å². The lowest BCUT2D eigenvalue weighted by molar-refractivity contribution is 0.312. The number of rotatable bonds is 2. The fourth-order valence-electron chi connectivity index (χ4n) is 2.69. The van der Waals surface area contributed by atoms with Gasteiger partial charge in [-0.2, -0.15) is 0 Å². The van der Waals surface area contributed by atoms with Crippen molar-refractivity contribution >= 4 is 46.0 Å². The zero-order valence-electron chi connectivity index (χ0n) is 12.5. The number of anilines is 1. The smallest absolute Gasteiger partial charge is 0.187 e. The predicted octanol–water partition coefficient (Wildman–Crippen LogP) is 2.69. The molecule has 1 aromatic rings. The Labute approximate surface area is 141 Å². The molecule has 4 nitrogen and oxygen atoms in total. The Morgan fingerprint density at radius 3 is 2.48 bits per heavy atom. The summed E-state index contributed by atoms with van der Waals surface area (Å²) in [7, 11) is 4.31. The summed E-state index contributed by atoms with van der Waals surface area (Å²) in [5.74, 6) is 0. The second-order valence-electron chi connectivity index (χ2n) is 5.66. The van der Waals surface area contributed by atoms with Crippen molar-refractivity contribution in [1.29, 1.82) is 0 Å². The number of aromatic nitrogens is 1. The van der Waals surface area contributed by atoms with Gasteiger partial charge in [0.25, 0.3) is 0 Å². The molecule has 0 spiro atoms. The number of hydrogen-bond donors (Lipinski definition) is 0. The second kappa shape index (κ2) is 7.29. The molecular weight excluding hydrogens is 327 g/mol. The highest BCUT2D eigenvalue weighted by molar-refractivity contribution is 7.19. The molecule has 1 saturated heterocycles. The van der Waals surface area contributed by atoms with Gasteiger partial charge in [-0.25, -0.2) is 4.98 Å². The van der Waals surface area contributed by atoms with Gasteiger partial charge in [-0.15, -0.1) is 12.4 Å². The van der Waals surface area contributed by atoms with E-state index in [0.717, 1.165) is 60.9 Å². The molecular formula is C14H22Cl2N4S. The molecule has 3 rings (SSSR count). The van der Waals surface area contributed by atoms with Gasteiger partial charge in [-0.3, -0.25) is 0 Å². The first-order valence-corrected chi connectivity index (χ1v) is 8.30. The summed E-state index contributed by atoms with van der Waals surface area (Å²) in [5.41, 5.74) is 2.28. The lowest BCUT2D eigenvalue weighted by Crippen LogP contribution is -2.44. The molecule has 21 heavy (non-hydrogen) atoms. The lowest BCUT2D eigenvalue weighted by atomic mass is 10.1. The van der Waals surface area contributed by atoms with E-state index in [4.69, 9.17) is 16.6 Å². The van der Waals surface area contributed by atoms with Crippen LogP contribution in [0.25, 0.3) is 5.57 Å². The molecule has 3 heterocycles. The van der Waals surface area contributed by atoms with Gasteiger partial charge in [-0.05, 0) is 26.1 Å². The Hall–Kier alpha value is -0.330. The molecule has 7 heteroatoms. The minimum Gasteiger partial charge on any atom is -0.345 e. The van der Waals surface area contributed by atoms with Crippen LogP contribution in [0.3, 0.4) is 0 Å². The van der Waals surface area contributed by atoms with Crippen LogP contribution in [0.5, 0.6) is 0 Å². The van der Waals surface area contributed by atoms with Crippen molar-refractivity contribution in [1.82, 2.24) is 14.8 Å². The zero-order valence-corrected chi connectivity index (χ0v) is 14.9. The Morgan fingerprint density at radius 1 is 1.10 bits per heavy atom. The fourth-order valence-corrected chi connectivity index (χ4v) is 3.94. The first kappa shape index (κ1) is 17.0. The van der Waals surface area contributed by atoms with Crippen molar-refractivity contribution in [2.45, 2.75) is 6.42 Å². The van der Waals surface area contributed by atoms with Gasteiger partial charge in [0.2, 0.25) is 0 Å². The summed E-state index contributed by atoms with van der Waals surface area (Å²) in [5, 5.41) is 1.08. The molecule has 0 saturated carbocycles. The van der Waals surface area contributed by atoms with Crippen molar-refractivity contribution in [3.8, 4) is 0 Å². The molecule has 2 aliphatic rings. The topological polar surface area (TPSA) is 22.6 Å². The number of thiazole rings is 1. The molecule has 1 aromatic heterocycles. The Bertz CT molecular complexity index is 509. The zero-order chi connectivity index (χ0) is 14.1. The van der Waals surface area contributed by atoms with Gasteiger partial charge >= 0.3 is 0 Å². The molecule has 118 valence electrons. The van der Waals surface area contributed by atoms with Crippen LogP contribution in [-0.2, 0) is 0 Å². The fraction of sp³-hybridized carbons (Fsp3) is 0.643. The SMILES string of the molecule is CN1CCN(c2nc(C3=CCCN(C)C3)c(Cl)s2)CC1.Cl. The summed E-state index contributed by atoms with van der Waals surface area (Å²) < 4.78 is 0.834. The molecule has 2 aliphatic heterocycles. The first-order chi connectivity index (χ1) is 9.63. The molecule has 0 aliphatic carbocycles. The standard InChI is InChI=1S/C14H21ClN4S.ClH/c1-17-6-8-19(9-7-17)14-16-12(13(15)20-14)11-4-3-5-18(2)10-11;/h4H,3,5-10H2,1-2H3;1H. The monoisotopic (exact) mass is 348 g/mol. The highest BCUT2D eigenvalue weighted by Crippen LogP contribution is 2.35. The number of likely N-dealkylation sites (N-methyl/N-ethyl adjacent to an activating group) is 2. The number of halogens is 2. The summed E-state index contributed by atoms with van der Waals surface area (Å²) in [6.45, 7) is 6.34. The maximum atomic E-state index is 6.43.